The molecule has 0 saturated carbocycles. The normalized spacial score (nSPS) is 10.6. The summed E-state index contributed by atoms with van der Waals surface area (Å²) in [6.07, 6.45) is 3.62. The van der Waals surface area contributed by atoms with Crippen molar-refractivity contribution in [3.8, 4) is 5.69 Å². The lowest BCUT2D eigenvalue weighted by Gasteiger charge is -2.19. The summed E-state index contributed by atoms with van der Waals surface area (Å²) in [6, 6.07) is 15.1. The average Bonchev–Trinajstić information content (AvgIpc) is 3.22. The van der Waals surface area contributed by atoms with E-state index in [1.165, 1.54) is 11.8 Å². The van der Waals surface area contributed by atoms with E-state index in [0.29, 0.717) is 24.3 Å². The third-order valence-corrected chi connectivity index (χ3v) is 5.72. The second kappa shape index (κ2) is 10.1. The lowest BCUT2D eigenvalue weighted by Crippen LogP contribution is -2.30. The van der Waals surface area contributed by atoms with Crippen molar-refractivity contribution in [3.05, 3.63) is 72.1 Å². The van der Waals surface area contributed by atoms with Gasteiger partial charge in [-0.15, -0.1) is 0 Å². The zero-order chi connectivity index (χ0) is 21.5. The molecular formula is C23H26N4O2S. The minimum absolute atomic E-state index is 0.0364. The summed E-state index contributed by atoms with van der Waals surface area (Å²) in [7, 11) is 0. The molecule has 0 atom stereocenters. The number of imidazole rings is 1. The Morgan fingerprint density at radius 3 is 2.60 bits per heavy atom. The van der Waals surface area contributed by atoms with Crippen LogP contribution in [0.5, 0.6) is 0 Å². The molecule has 0 aliphatic rings. The predicted octanol–water partition coefficient (Wildman–Crippen LogP) is 4.39. The van der Waals surface area contributed by atoms with Gasteiger partial charge in [0.25, 0.3) is 5.91 Å². The Labute approximate surface area is 181 Å². The topological polar surface area (TPSA) is 67.2 Å². The lowest BCUT2D eigenvalue weighted by molar-refractivity contribution is -0.113. The molecule has 3 rings (SSSR count). The first kappa shape index (κ1) is 21.6. The van der Waals surface area contributed by atoms with Crippen molar-refractivity contribution in [1.82, 2.24) is 14.5 Å². The van der Waals surface area contributed by atoms with E-state index in [0.717, 1.165) is 16.4 Å². The maximum absolute atomic E-state index is 12.5. The highest BCUT2D eigenvalue weighted by Crippen LogP contribution is 2.23. The van der Waals surface area contributed by atoms with Crippen LogP contribution in [0.25, 0.3) is 5.69 Å². The number of hydrogen-bond acceptors (Lipinski definition) is 4. The van der Waals surface area contributed by atoms with Gasteiger partial charge in [-0.3, -0.25) is 14.2 Å². The van der Waals surface area contributed by atoms with Crippen LogP contribution in [0, 0.1) is 6.92 Å². The highest BCUT2D eigenvalue weighted by Gasteiger charge is 2.14. The first-order valence-electron chi connectivity index (χ1n) is 9.94. The van der Waals surface area contributed by atoms with Gasteiger partial charge in [-0.05, 0) is 50.6 Å². The summed E-state index contributed by atoms with van der Waals surface area (Å²) >= 11 is 1.37. The van der Waals surface area contributed by atoms with E-state index in [9.17, 15) is 9.59 Å². The molecule has 30 heavy (non-hydrogen) atoms. The van der Waals surface area contributed by atoms with Gasteiger partial charge in [0.1, 0.15) is 0 Å². The second-order valence-corrected chi connectivity index (χ2v) is 7.70. The minimum Gasteiger partial charge on any atom is -0.339 e. The van der Waals surface area contributed by atoms with Crippen molar-refractivity contribution >= 4 is 29.3 Å². The van der Waals surface area contributed by atoms with Gasteiger partial charge in [0.15, 0.2) is 5.16 Å². The number of hydrogen-bond donors (Lipinski definition) is 1. The van der Waals surface area contributed by atoms with Crippen LogP contribution >= 0.6 is 11.8 Å². The molecule has 0 bridgehead atoms. The van der Waals surface area contributed by atoms with Crippen LogP contribution in [0.3, 0.4) is 0 Å². The monoisotopic (exact) mass is 422 g/mol. The molecule has 6 nitrogen and oxygen atoms in total. The van der Waals surface area contributed by atoms with E-state index >= 15 is 0 Å². The number of aryl methyl sites for hydroxylation is 1. The summed E-state index contributed by atoms with van der Waals surface area (Å²) in [5.41, 5.74) is 3.36. The quantitative estimate of drug-likeness (QED) is 0.547. The number of nitrogens with zero attached hydrogens (tertiary/aromatic N) is 3. The largest absolute Gasteiger partial charge is 0.339 e. The number of aromatic nitrogens is 2. The van der Waals surface area contributed by atoms with Crippen molar-refractivity contribution in [2.75, 3.05) is 24.2 Å². The lowest BCUT2D eigenvalue weighted by atomic mass is 10.1. The van der Waals surface area contributed by atoms with Gasteiger partial charge in [0, 0.05) is 36.7 Å². The molecule has 0 unspecified atom stereocenters. The van der Waals surface area contributed by atoms with E-state index in [1.54, 1.807) is 35.4 Å². The number of para-hydroxylation sites is 1. The van der Waals surface area contributed by atoms with Crippen molar-refractivity contribution in [1.29, 1.82) is 0 Å². The van der Waals surface area contributed by atoms with Crippen LogP contribution in [0.2, 0.25) is 0 Å². The van der Waals surface area contributed by atoms with Crippen molar-refractivity contribution in [2.45, 2.75) is 25.9 Å². The van der Waals surface area contributed by atoms with Crippen LogP contribution in [0.15, 0.2) is 66.1 Å². The Morgan fingerprint density at radius 1 is 1.10 bits per heavy atom. The molecule has 2 aromatic carbocycles. The molecule has 0 saturated heterocycles. The predicted molar refractivity (Wildman–Crippen MR) is 121 cm³/mol. The van der Waals surface area contributed by atoms with Crippen LogP contribution < -0.4 is 5.32 Å². The van der Waals surface area contributed by atoms with E-state index in [2.05, 4.69) is 10.3 Å². The fraction of sp³-hybridized carbons (Fsp3) is 0.261. The van der Waals surface area contributed by atoms with Gasteiger partial charge in [0.05, 0.1) is 11.4 Å². The molecule has 0 fully saturated rings. The maximum Gasteiger partial charge on any atom is 0.253 e. The number of rotatable bonds is 8. The van der Waals surface area contributed by atoms with Crippen molar-refractivity contribution in [2.24, 2.45) is 0 Å². The number of amides is 2. The molecule has 1 heterocycles. The van der Waals surface area contributed by atoms with Crippen LogP contribution in [0.4, 0.5) is 5.69 Å². The molecular weight excluding hydrogens is 396 g/mol. The zero-order valence-electron chi connectivity index (χ0n) is 17.5. The smallest absolute Gasteiger partial charge is 0.253 e. The third-order valence-electron chi connectivity index (χ3n) is 4.76. The summed E-state index contributed by atoms with van der Waals surface area (Å²) in [5.74, 6) is 0.0365. The molecule has 0 aliphatic heterocycles. The van der Waals surface area contributed by atoms with Gasteiger partial charge < -0.3 is 10.2 Å². The molecule has 0 spiro atoms. The Balaban J connectivity index is 1.64. The first-order valence-corrected chi connectivity index (χ1v) is 10.9. The van der Waals surface area contributed by atoms with E-state index in [1.807, 2.05) is 55.8 Å². The zero-order valence-corrected chi connectivity index (χ0v) is 18.3. The molecule has 0 aliphatic carbocycles. The van der Waals surface area contributed by atoms with Crippen molar-refractivity contribution < 1.29 is 9.59 Å². The van der Waals surface area contributed by atoms with Crippen LogP contribution in [-0.4, -0.2) is 45.1 Å². The second-order valence-electron chi connectivity index (χ2n) is 6.76. The fourth-order valence-corrected chi connectivity index (χ4v) is 3.93. The minimum atomic E-state index is -0.147. The Morgan fingerprint density at radius 2 is 1.87 bits per heavy atom. The Hall–Kier alpha value is -3.06. The highest BCUT2D eigenvalue weighted by molar-refractivity contribution is 7.99. The molecule has 3 aromatic rings. The number of carbonyl (C=O) groups is 2. The van der Waals surface area contributed by atoms with Crippen LogP contribution in [-0.2, 0) is 4.79 Å². The summed E-state index contributed by atoms with van der Waals surface area (Å²) in [4.78, 5) is 31.1. The molecule has 0 radical (unpaired) electrons. The van der Waals surface area contributed by atoms with E-state index in [-0.39, 0.29) is 17.6 Å². The number of benzene rings is 2. The standard InChI is InChI=1S/C23H26N4O2S/c1-4-26(5-2)22(29)18-10-8-11-19(15-18)25-21(28)16-30-23-24-13-14-27(23)20-12-7-6-9-17(20)3/h6-15H,4-5,16H2,1-3H3,(H,25,28). The SMILES string of the molecule is CCN(CC)C(=O)c1cccc(NC(=O)CSc2nccn2-c2ccccc2C)c1. The van der Waals surface area contributed by atoms with Gasteiger partial charge in [-0.1, -0.05) is 36.0 Å². The number of anilines is 1. The van der Waals surface area contributed by atoms with E-state index < -0.39 is 0 Å². The van der Waals surface area contributed by atoms with E-state index in [4.69, 9.17) is 0 Å². The number of thioether (sulfide) groups is 1. The molecule has 1 N–H and O–H groups in total. The Kier molecular flexibility index (Phi) is 7.30. The summed E-state index contributed by atoms with van der Waals surface area (Å²) in [5, 5.41) is 3.63. The highest BCUT2D eigenvalue weighted by atomic mass is 32.2. The van der Waals surface area contributed by atoms with Gasteiger partial charge in [0.2, 0.25) is 5.91 Å². The Bertz CT molecular complexity index is 1030. The molecule has 1 aromatic heterocycles. The van der Waals surface area contributed by atoms with Crippen molar-refractivity contribution in [3.63, 3.8) is 0 Å². The average molecular weight is 423 g/mol. The van der Waals surface area contributed by atoms with Gasteiger partial charge in [-0.25, -0.2) is 4.98 Å². The van der Waals surface area contributed by atoms with Crippen LogP contribution in [0.1, 0.15) is 29.8 Å². The third kappa shape index (κ3) is 5.10. The van der Waals surface area contributed by atoms with Gasteiger partial charge in [-0.2, -0.15) is 0 Å². The first-order chi connectivity index (χ1) is 14.5. The number of nitrogens with one attached hydrogen (secondary N) is 1. The number of carbonyl (C=O) groups excluding carboxylic acids is 2. The van der Waals surface area contributed by atoms with Gasteiger partial charge >= 0.3 is 0 Å². The fourth-order valence-electron chi connectivity index (χ4n) is 3.16. The summed E-state index contributed by atoms with van der Waals surface area (Å²) in [6.45, 7) is 7.24. The molecule has 7 heteroatoms. The maximum atomic E-state index is 12.5. The molecule has 156 valence electrons. The molecule has 2 amide bonds. The summed E-state index contributed by atoms with van der Waals surface area (Å²) < 4.78 is 1.98.